The SMILES string of the molecule is CCOCCN(CC)S(=O)(=O)c1cc(CO)ccc1F. The lowest BCUT2D eigenvalue weighted by Crippen LogP contribution is -2.34. The number of hydrogen-bond acceptors (Lipinski definition) is 4. The van der Waals surface area contributed by atoms with E-state index in [1.54, 1.807) is 6.92 Å². The Morgan fingerprint density at radius 1 is 1.35 bits per heavy atom. The second-order valence-electron chi connectivity index (χ2n) is 4.12. The fourth-order valence-corrected chi connectivity index (χ4v) is 3.29. The van der Waals surface area contributed by atoms with Crippen molar-refractivity contribution < 1.29 is 22.7 Å². The van der Waals surface area contributed by atoms with E-state index in [4.69, 9.17) is 9.84 Å². The lowest BCUT2D eigenvalue weighted by molar-refractivity contribution is 0.135. The van der Waals surface area contributed by atoms with Crippen molar-refractivity contribution in [1.82, 2.24) is 4.31 Å². The zero-order valence-corrected chi connectivity index (χ0v) is 12.5. The predicted octanol–water partition coefficient (Wildman–Crippen LogP) is 1.37. The maximum atomic E-state index is 13.8. The summed E-state index contributed by atoms with van der Waals surface area (Å²) >= 11 is 0. The number of hydrogen-bond donors (Lipinski definition) is 1. The Morgan fingerprint density at radius 2 is 2.05 bits per heavy atom. The van der Waals surface area contributed by atoms with Gasteiger partial charge in [-0.1, -0.05) is 13.0 Å². The fraction of sp³-hybridized carbons (Fsp3) is 0.538. The third-order valence-electron chi connectivity index (χ3n) is 2.84. The third-order valence-corrected chi connectivity index (χ3v) is 4.83. The first-order valence-corrected chi connectivity index (χ1v) is 7.88. The van der Waals surface area contributed by atoms with Crippen LogP contribution in [-0.2, 0) is 21.4 Å². The van der Waals surface area contributed by atoms with Gasteiger partial charge in [0.05, 0.1) is 13.2 Å². The minimum absolute atomic E-state index is 0.162. The maximum absolute atomic E-state index is 13.8. The number of aliphatic hydroxyl groups excluding tert-OH is 1. The molecule has 7 heteroatoms. The molecule has 0 aromatic heterocycles. The van der Waals surface area contributed by atoms with Gasteiger partial charge in [-0.15, -0.1) is 0 Å². The molecule has 0 saturated heterocycles. The first-order chi connectivity index (χ1) is 9.47. The van der Waals surface area contributed by atoms with Gasteiger partial charge in [0.2, 0.25) is 10.0 Å². The van der Waals surface area contributed by atoms with Crippen molar-refractivity contribution in [3.05, 3.63) is 29.6 Å². The van der Waals surface area contributed by atoms with Gasteiger partial charge in [0.25, 0.3) is 0 Å². The molecule has 0 radical (unpaired) electrons. The molecule has 0 saturated carbocycles. The van der Waals surface area contributed by atoms with E-state index in [2.05, 4.69) is 0 Å². The number of rotatable bonds is 8. The molecule has 0 spiro atoms. The normalized spacial score (nSPS) is 12.1. The maximum Gasteiger partial charge on any atom is 0.246 e. The number of nitrogens with zero attached hydrogens (tertiary/aromatic N) is 1. The molecule has 0 amide bonds. The smallest absolute Gasteiger partial charge is 0.246 e. The van der Waals surface area contributed by atoms with Crippen LogP contribution in [-0.4, -0.2) is 44.1 Å². The van der Waals surface area contributed by atoms with Crippen LogP contribution in [0.2, 0.25) is 0 Å². The van der Waals surface area contributed by atoms with Crippen molar-refractivity contribution in [3.63, 3.8) is 0 Å². The van der Waals surface area contributed by atoms with Crippen LogP contribution >= 0.6 is 0 Å². The highest BCUT2D eigenvalue weighted by Crippen LogP contribution is 2.20. The van der Waals surface area contributed by atoms with Crippen molar-refractivity contribution in [3.8, 4) is 0 Å². The Labute approximate surface area is 119 Å². The molecule has 0 fully saturated rings. The van der Waals surface area contributed by atoms with Crippen molar-refractivity contribution in [1.29, 1.82) is 0 Å². The number of ether oxygens (including phenoxy) is 1. The Balaban J connectivity index is 3.07. The first-order valence-electron chi connectivity index (χ1n) is 6.44. The summed E-state index contributed by atoms with van der Waals surface area (Å²) in [5.41, 5.74) is 0.353. The van der Waals surface area contributed by atoms with Crippen LogP contribution in [0, 0.1) is 5.82 Å². The predicted molar refractivity (Wildman–Crippen MR) is 73.2 cm³/mol. The van der Waals surface area contributed by atoms with Gasteiger partial charge in [-0.25, -0.2) is 12.8 Å². The van der Waals surface area contributed by atoms with Crippen molar-refractivity contribution in [2.75, 3.05) is 26.3 Å². The number of likely N-dealkylation sites (N-methyl/N-ethyl adjacent to an activating group) is 1. The Hall–Kier alpha value is -1.02. The highest BCUT2D eigenvalue weighted by molar-refractivity contribution is 7.89. The molecular formula is C13H20FNO4S. The van der Waals surface area contributed by atoms with E-state index in [0.29, 0.717) is 12.2 Å². The van der Waals surface area contributed by atoms with Gasteiger partial charge in [-0.3, -0.25) is 0 Å². The van der Waals surface area contributed by atoms with Crippen LogP contribution < -0.4 is 0 Å². The molecule has 1 aromatic carbocycles. The first kappa shape index (κ1) is 17.0. The third kappa shape index (κ3) is 3.99. The van der Waals surface area contributed by atoms with E-state index >= 15 is 0 Å². The summed E-state index contributed by atoms with van der Waals surface area (Å²) < 4.78 is 44.8. The molecule has 0 atom stereocenters. The minimum atomic E-state index is -3.93. The number of benzene rings is 1. The molecule has 114 valence electrons. The van der Waals surface area contributed by atoms with Crippen LogP contribution in [0.5, 0.6) is 0 Å². The summed E-state index contributed by atoms with van der Waals surface area (Å²) in [6, 6.07) is 3.56. The monoisotopic (exact) mass is 305 g/mol. The van der Waals surface area contributed by atoms with Gasteiger partial charge >= 0.3 is 0 Å². The molecule has 1 rings (SSSR count). The summed E-state index contributed by atoms with van der Waals surface area (Å²) in [4.78, 5) is -0.414. The van der Waals surface area contributed by atoms with E-state index in [1.165, 1.54) is 6.07 Å². The van der Waals surface area contributed by atoms with E-state index < -0.39 is 20.7 Å². The molecule has 1 N–H and O–H groups in total. The molecule has 1 aromatic rings. The van der Waals surface area contributed by atoms with Crippen LogP contribution in [0.3, 0.4) is 0 Å². The molecule has 5 nitrogen and oxygen atoms in total. The van der Waals surface area contributed by atoms with Crippen LogP contribution in [0.15, 0.2) is 23.1 Å². The molecule has 0 aliphatic heterocycles. The van der Waals surface area contributed by atoms with E-state index in [-0.39, 0.29) is 26.3 Å². The van der Waals surface area contributed by atoms with Crippen molar-refractivity contribution >= 4 is 10.0 Å². The molecule has 0 unspecified atom stereocenters. The molecule has 0 bridgehead atoms. The zero-order valence-electron chi connectivity index (χ0n) is 11.7. The summed E-state index contributed by atoms with van der Waals surface area (Å²) in [7, 11) is -3.93. The Kier molecular flexibility index (Phi) is 6.54. The number of halogens is 1. The topological polar surface area (TPSA) is 66.8 Å². The summed E-state index contributed by atoms with van der Waals surface area (Å²) in [6.07, 6.45) is 0. The van der Waals surface area contributed by atoms with E-state index in [1.807, 2.05) is 6.92 Å². The highest BCUT2D eigenvalue weighted by atomic mass is 32.2. The van der Waals surface area contributed by atoms with E-state index in [0.717, 1.165) is 16.4 Å². The summed E-state index contributed by atoms with van der Waals surface area (Å²) in [5.74, 6) is -0.822. The lowest BCUT2D eigenvalue weighted by Gasteiger charge is -2.21. The zero-order chi connectivity index (χ0) is 15.2. The van der Waals surface area contributed by atoms with Crippen molar-refractivity contribution in [2.24, 2.45) is 0 Å². The minimum Gasteiger partial charge on any atom is -0.392 e. The quantitative estimate of drug-likeness (QED) is 0.737. The van der Waals surface area contributed by atoms with Crippen LogP contribution in [0.25, 0.3) is 0 Å². The van der Waals surface area contributed by atoms with Crippen molar-refractivity contribution in [2.45, 2.75) is 25.3 Å². The average Bonchev–Trinajstić information content (AvgIpc) is 2.43. The standard InChI is InChI=1S/C13H20FNO4S/c1-3-15(7-8-19-4-2)20(17,18)13-9-11(10-16)5-6-12(13)14/h5-6,9,16H,3-4,7-8,10H2,1-2H3. The molecule has 0 aliphatic carbocycles. The van der Waals surface area contributed by atoms with Gasteiger partial charge in [-0.05, 0) is 24.6 Å². The van der Waals surface area contributed by atoms with Gasteiger partial charge in [0.1, 0.15) is 10.7 Å². The fourth-order valence-electron chi connectivity index (χ4n) is 1.74. The van der Waals surface area contributed by atoms with Gasteiger partial charge in [0, 0.05) is 19.7 Å². The Bertz CT molecular complexity index is 533. The molecular weight excluding hydrogens is 285 g/mol. The van der Waals surface area contributed by atoms with Gasteiger partial charge in [-0.2, -0.15) is 4.31 Å². The summed E-state index contributed by atoms with van der Waals surface area (Å²) in [6.45, 7) is 4.28. The number of sulfonamides is 1. The Morgan fingerprint density at radius 3 is 2.60 bits per heavy atom. The number of aliphatic hydroxyl groups is 1. The van der Waals surface area contributed by atoms with E-state index in [9.17, 15) is 12.8 Å². The average molecular weight is 305 g/mol. The second-order valence-corrected chi connectivity index (χ2v) is 6.02. The largest absolute Gasteiger partial charge is 0.392 e. The molecule has 0 aliphatic rings. The highest BCUT2D eigenvalue weighted by Gasteiger charge is 2.26. The van der Waals surface area contributed by atoms with Gasteiger partial charge in [0.15, 0.2) is 0 Å². The van der Waals surface area contributed by atoms with Crippen LogP contribution in [0.4, 0.5) is 4.39 Å². The molecule has 0 heterocycles. The van der Waals surface area contributed by atoms with Crippen LogP contribution in [0.1, 0.15) is 19.4 Å². The second kappa shape index (κ2) is 7.68. The molecule has 20 heavy (non-hydrogen) atoms. The van der Waals surface area contributed by atoms with Gasteiger partial charge < -0.3 is 9.84 Å². The lowest BCUT2D eigenvalue weighted by atomic mass is 10.2. The summed E-state index contributed by atoms with van der Waals surface area (Å²) in [5, 5.41) is 9.04.